The van der Waals surface area contributed by atoms with Crippen LogP contribution in [0.5, 0.6) is 0 Å². The van der Waals surface area contributed by atoms with Gasteiger partial charge in [0.25, 0.3) is 0 Å². The van der Waals surface area contributed by atoms with Crippen LogP contribution in [-0.4, -0.2) is 23.3 Å². The third-order valence-corrected chi connectivity index (χ3v) is 3.89. The first-order valence-corrected chi connectivity index (χ1v) is 8.18. The molecule has 0 spiro atoms. The number of carbonyl (C=O) groups excluding carboxylic acids is 2. The number of anilines is 1. The van der Waals surface area contributed by atoms with Gasteiger partial charge < -0.3 is 10.2 Å². The van der Waals surface area contributed by atoms with Crippen LogP contribution in [0.2, 0.25) is 5.02 Å². The zero-order valence-corrected chi connectivity index (χ0v) is 14.6. The van der Waals surface area contributed by atoms with E-state index in [1.165, 1.54) is 6.92 Å². The molecule has 0 saturated carbocycles. The van der Waals surface area contributed by atoms with Crippen LogP contribution in [0, 0.1) is 6.92 Å². The van der Waals surface area contributed by atoms with E-state index < -0.39 is 0 Å². The Morgan fingerprint density at radius 3 is 2.46 bits per heavy atom. The maximum Gasteiger partial charge on any atom is 0.226 e. The zero-order chi connectivity index (χ0) is 17.5. The summed E-state index contributed by atoms with van der Waals surface area (Å²) in [5.74, 6) is -0.177. The maximum absolute atomic E-state index is 12.0. The molecule has 2 aromatic rings. The van der Waals surface area contributed by atoms with Crippen molar-refractivity contribution in [1.82, 2.24) is 4.90 Å². The van der Waals surface area contributed by atoms with E-state index >= 15 is 0 Å². The molecule has 0 heterocycles. The number of amides is 2. The van der Waals surface area contributed by atoms with Gasteiger partial charge in [0.15, 0.2) is 0 Å². The quantitative estimate of drug-likeness (QED) is 0.860. The monoisotopic (exact) mass is 344 g/mol. The number of carbonyl (C=O) groups is 2. The first kappa shape index (κ1) is 18.0. The van der Waals surface area contributed by atoms with E-state index in [1.54, 1.807) is 29.2 Å². The normalized spacial score (nSPS) is 10.3. The average molecular weight is 345 g/mol. The highest BCUT2D eigenvalue weighted by Gasteiger charge is 2.12. The van der Waals surface area contributed by atoms with Crippen molar-refractivity contribution in [3.05, 3.63) is 64.7 Å². The fourth-order valence-corrected chi connectivity index (χ4v) is 2.50. The van der Waals surface area contributed by atoms with Crippen LogP contribution in [-0.2, 0) is 16.1 Å². The van der Waals surface area contributed by atoms with Gasteiger partial charge in [-0.2, -0.15) is 0 Å². The van der Waals surface area contributed by atoms with E-state index in [9.17, 15) is 9.59 Å². The molecule has 126 valence electrons. The molecular formula is C19H21ClN2O2. The van der Waals surface area contributed by atoms with E-state index in [-0.39, 0.29) is 18.2 Å². The SMILES string of the molecule is CC(=O)N(CCC(=O)Nc1ccc(Cl)cc1)Cc1cccc(C)c1. The van der Waals surface area contributed by atoms with Gasteiger partial charge in [0.1, 0.15) is 0 Å². The first-order valence-electron chi connectivity index (χ1n) is 7.80. The van der Waals surface area contributed by atoms with Gasteiger partial charge in [-0.25, -0.2) is 0 Å². The predicted molar refractivity (Wildman–Crippen MR) is 97.0 cm³/mol. The second-order valence-electron chi connectivity index (χ2n) is 5.73. The van der Waals surface area contributed by atoms with Crippen LogP contribution in [0.25, 0.3) is 0 Å². The summed E-state index contributed by atoms with van der Waals surface area (Å²) in [6, 6.07) is 14.9. The van der Waals surface area contributed by atoms with E-state index in [0.29, 0.717) is 23.8 Å². The minimum atomic E-state index is -0.132. The van der Waals surface area contributed by atoms with E-state index in [4.69, 9.17) is 11.6 Å². The second-order valence-corrected chi connectivity index (χ2v) is 6.17. The highest BCUT2D eigenvalue weighted by atomic mass is 35.5. The minimum Gasteiger partial charge on any atom is -0.338 e. The van der Waals surface area contributed by atoms with Gasteiger partial charge in [-0.05, 0) is 36.8 Å². The molecule has 0 saturated heterocycles. The number of hydrogen-bond acceptors (Lipinski definition) is 2. The highest BCUT2D eigenvalue weighted by molar-refractivity contribution is 6.30. The Morgan fingerprint density at radius 2 is 1.83 bits per heavy atom. The number of halogens is 1. The fraction of sp³-hybridized carbons (Fsp3) is 0.263. The largest absolute Gasteiger partial charge is 0.338 e. The highest BCUT2D eigenvalue weighted by Crippen LogP contribution is 2.14. The standard InChI is InChI=1S/C19H21ClN2O2/c1-14-4-3-5-16(12-14)13-22(15(2)23)11-10-19(24)21-18-8-6-17(20)7-9-18/h3-9,12H,10-11,13H2,1-2H3,(H,21,24). The van der Waals surface area contributed by atoms with Crippen LogP contribution in [0.4, 0.5) is 5.69 Å². The molecule has 0 fully saturated rings. The topological polar surface area (TPSA) is 49.4 Å². The Bertz CT molecular complexity index is 714. The molecule has 0 bridgehead atoms. The molecule has 0 radical (unpaired) electrons. The van der Waals surface area contributed by atoms with Crippen molar-refractivity contribution in [1.29, 1.82) is 0 Å². The Kier molecular flexibility index (Phi) is 6.38. The van der Waals surface area contributed by atoms with Gasteiger partial charge in [0, 0.05) is 37.1 Å². The molecule has 0 aliphatic carbocycles. The van der Waals surface area contributed by atoms with Gasteiger partial charge in [0.2, 0.25) is 11.8 Å². The lowest BCUT2D eigenvalue weighted by atomic mass is 10.1. The molecule has 2 aromatic carbocycles. The Morgan fingerprint density at radius 1 is 1.12 bits per heavy atom. The summed E-state index contributed by atoms with van der Waals surface area (Å²) in [7, 11) is 0. The lowest BCUT2D eigenvalue weighted by molar-refractivity contribution is -0.129. The number of rotatable bonds is 6. The van der Waals surface area contributed by atoms with Crippen LogP contribution in [0.3, 0.4) is 0 Å². The Labute approximate surface area is 147 Å². The predicted octanol–water partition coefficient (Wildman–Crippen LogP) is 4.03. The molecule has 24 heavy (non-hydrogen) atoms. The van der Waals surface area contributed by atoms with Crippen LogP contribution >= 0.6 is 11.6 Å². The van der Waals surface area contributed by atoms with E-state index in [1.807, 2.05) is 31.2 Å². The Balaban J connectivity index is 1.90. The van der Waals surface area contributed by atoms with Gasteiger partial charge in [-0.3, -0.25) is 9.59 Å². The molecule has 1 N–H and O–H groups in total. The molecule has 5 heteroatoms. The van der Waals surface area contributed by atoms with E-state index in [0.717, 1.165) is 11.1 Å². The molecular weight excluding hydrogens is 324 g/mol. The lowest BCUT2D eigenvalue weighted by Crippen LogP contribution is -2.31. The molecule has 2 rings (SSSR count). The summed E-state index contributed by atoms with van der Waals surface area (Å²) in [5.41, 5.74) is 2.90. The molecule has 2 amide bonds. The third kappa shape index (κ3) is 5.70. The van der Waals surface area contributed by atoms with Crippen LogP contribution in [0.1, 0.15) is 24.5 Å². The smallest absolute Gasteiger partial charge is 0.226 e. The number of hydrogen-bond donors (Lipinski definition) is 1. The van der Waals surface area contributed by atoms with Gasteiger partial charge in [-0.15, -0.1) is 0 Å². The summed E-state index contributed by atoms with van der Waals surface area (Å²) in [6.45, 7) is 4.42. The third-order valence-electron chi connectivity index (χ3n) is 3.64. The maximum atomic E-state index is 12.0. The van der Waals surface area contributed by atoms with Crippen molar-refractivity contribution in [3.63, 3.8) is 0 Å². The van der Waals surface area contributed by atoms with Crippen LogP contribution < -0.4 is 5.32 Å². The van der Waals surface area contributed by atoms with Gasteiger partial charge in [-0.1, -0.05) is 41.4 Å². The summed E-state index contributed by atoms with van der Waals surface area (Å²) in [5, 5.41) is 3.42. The molecule has 0 aromatic heterocycles. The van der Waals surface area contributed by atoms with Crippen molar-refractivity contribution in [2.75, 3.05) is 11.9 Å². The zero-order valence-electron chi connectivity index (χ0n) is 13.9. The number of benzene rings is 2. The molecule has 4 nitrogen and oxygen atoms in total. The van der Waals surface area contributed by atoms with Crippen molar-refractivity contribution in [3.8, 4) is 0 Å². The lowest BCUT2D eigenvalue weighted by Gasteiger charge is -2.21. The molecule has 0 atom stereocenters. The van der Waals surface area contributed by atoms with Crippen molar-refractivity contribution >= 4 is 29.1 Å². The number of nitrogens with one attached hydrogen (secondary N) is 1. The molecule has 0 aliphatic rings. The number of nitrogens with zero attached hydrogens (tertiary/aromatic N) is 1. The van der Waals surface area contributed by atoms with Gasteiger partial charge in [0.05, 0.1) is 0 Å². The summed E-state index contributed by atoms with van der Waals surface area (Å²) in [6.07, 6.45) is 0.244. The second kappa shape index (κ2) is 8.50. The van der Waals surface area contributed by atoms with Crippen molar-refractivity contribution in [2.24, 2.45) is 0 Å². The average Bonchev–Trinajstić information content (AvgIpc) is 2.53. The Hall–Kier alpha value is -2.33. The molecule has 0 unspecified atom stereocenters. The van der Waals surface area contributed by atoms with Crippen LogP contribution in [0.15, 0.2) is 48.5 Å². The first-order chi connectivity index (χ1) is 11.4. The fourth-order valence-electron chi connectivity index (χ4n) is 2.37. The summed E-state index contributed by atoms with van der Waals surface area (Å²) >= 11 is 5.82. The van der Waals surface area contributed by atoms with Crippen molar-refractivity contribution in [2.45, 2.75) is 26.8 Å². The summed E-state index contributed by atoms with van der Waals surface area (Å²) in [4.78, 5) is 25.5. The minimum absolute atomic E-state index is 0.0456. The molecule has 0 aliphatic heterocycles. The van der Waals surface area contributed by atoms with E-state index in [2.05, 4.69) is 5.32 Å². The van der Waals surface area contributed by atoms with Crippen molar-refractivity contribution < 1.29 is 9.59 Å². The number of aryl methyl sites for hydroxylation is 1. The van der Waals surface area contributed by atoms with Gasteiger partial charge >= 0.3 is 0 Å². The summed E-state index contributed by atoms with van der Waals surface area (Å²) < 4.78 is 0.